The van der Waals surface area contributed by atoms with E-state index in [2.05, 4.69) is 55.3 Å². The molecule has 3 saturated heterocycles. The van der Waals surface area contributed by atoms with Gasteiger partial charge in [0.1, 0.15) is 17.4 Å². The molecular formula is C41H40ClN7O5S. The molecule has 3 fully saturated rings. The number of halogens is 1. The Morgan fingerprint density at radius 2 is 1.60 bits per heavy atom. The van der Waals surface area contributed by atoms with Gasteiger partial charge in [-0.2, -0.15) is 0 Å². The molecule has 282 valence electrons. The van der Waals surface area contributed by atoms with Crippen LogP contribution in [0.2, 0.25) is 5.02 Å². The van der Waals surface area contributed by atoms with Crippen molar-refractivity contribution in [1.82, 2.24) is 20.1 Å². The average molecular weight is 778 g/mol. The second-order valence-corrected chi connectivity index (χ2v) is 16.3. The fourth-order valence-electron chi connectivity index (χ4n) is 8.38. The lowest BCUT2D eigenvalue weighted by atomic mass is 9.95. The van der Waals surface area contributed by atoms with Crippen molar-refractivity contribution in [3.63, 3.8) is 0 Å². The summed E-state index contributed by atoms with van der Waals surface area (Å²) in [6.45, 7) is 7.32. The van der Waals surface area contributed by atoms with Gasteiger partial charge in [-0.1, -0.05) is 35.5 Å². The third-order valence-electron chi connectivity index (χ3n) is 11.4. The first-order valence-electron chi connectivity index (χ1n) is 18.8. The number of nitrogens with zero attached hydrogens (tertiary/aromatic N) is 5. The van der Waals surface area contributed by atoms with Crippen LogP contribution in [0.1, 0.15) is 41.6 Å². The molecule has 5 aromatic rings. The van der Waals surface area contributed by atoms with E-state index in [0.29, 0.717) is 50.9 Å². The van der Waals surface area contributed by atoms with E-state index in [-0.39, 0.29) is 40.9 Å². The number of nitrogens with two attached hydrogens (primary N) is 1. The van der Waals surface area contributed by atoms with E-state index in [0.717, 1.165) is 74.8 Å². The highest BCUT2D eigenvalue weighted by Crippen LogP contribution is 2.36. The van der Waals surface area contributed by atoms with Gasteiger partial charge in [-0.3, -0.25) is 29.4 Å². The Labute approximate surface area is 326 Å². The third-order valence-corrected chi connectivity index (χ3v) is 12.8. The quantitative estimate of drug-likeness (QED) is 0.159. The number of aromatic nitrogens is 1. The Morgan fingerprint density at radius 3 is 2.36 bits per heavy atom. The molecule has 0 aliphatic carbocycles. The SMILES string of the molecule is Nc1nc2c(=O)c3c(Cl)cccc3oc2cc1Sc1ccc(N2CCN(CC3CCN(c4ccc5c(c4)C(=O)N(C4CCC(=O)NC4=O)C5)CC3)CC2)cc1. The highest BCUT2D eigenvalue weighted by atomic mass is 35.5. The van der Waals surface area contributed by atoms with Crippen LogP contribution >= 0.6 is 23.4 Å². The fourth-order valence-corrected chi connectivity index (χ4v) is 9.47. The fraction of sp³-hybridized carbons (Fsp3) is 0.341. The summed E-state index contributed by atoms with van der Waals surface area (Å²) >= 11 is 7.75. The smallest absolute Gasteiger partial charge is 0.255 e. The summed E-state index contributed by atoms with van der Waals surface area (Å²) in [5.74, 6) is 0.105. The summed E-state index contributed by atoms with van der Waals surface area (Å²) in [7, 11) is 0. The summed E-state index contributed by atoms with van der Waals surface area (Å²) in [6.07, 6.45) is 2.82. The number of amides is 3. The molecule has 3 aromatic carbocycles. The minimum absolute atomic E-state index is 0.128. The Kier molecular flexibility index (Phi) is 9.39. The number of imide groups is 1. The maximum atomic E-state index is 13.3. The van der Waals surface area contributed by atoms with Gasteiger partial charge in [0.15, 0.2) is 11.1 Å². The number of nitrogens with one attached hydrogen (secondary N) is 1. The van der Waals surface area contributed by atoms with Crippen LogP contribution in [0, 0.1) is 5.92 Å². The average Bonchev–Trinajstić information content (AvgIpc) is 3.51. The van der Waals surface area contributed by atoms with E-state index in [1.54, 1.807) is 29.2 Å². The van der Waals surface area contributed by atoms with Gasteiger partial charge in [-0.25, -0.2) is 4.98 Å². The van der Waals surface area contributed by atoms with Crippen LogP contribution in [0.4, 0.5) is 17.2 Å². The van der Waals surface area contributed by atoms with Gasteiger partial charge < -0.3 is 24.9 Å². The second kappa shape index (κ2) is 14.5. The monoisotopic (exact) mass is 777 g/mol. The minimum atomic E-state index is -0.597. The number of rotatable bonds is 7. The number of benzene rings is 3. The van der Waals surface area contributed by atoms with Crippen LogP contribution in [-0.2, 0) is 16.1 Å². The number of anilines is 3. The molecule has 3 amide bonds. The zero-order valence-electron chi connectivity index (χ0n) is 30.1. The second-order valence-electron chi connectivity index (χ2n) is 14.8. The summed E-state index contributed by atoms with van der Waals surface area (Å²) in [4.78, 5) is 65.6. The summed E-state index contributed by atoms with van der Waals surface area (Å²) < 4.78 is 6.00. The molecule has 0 saturated carbocycles. The van der Waals surface area contributed by atoms with Crippen LogP contribution in [0.15, 0.2) is 85.7 Å². The molecule has 4 aliphatic rings. The van der Waals surface area contributed by atoms with Crippen molar-refractivity contribution in [2.24, 2.45) is 5.92 Å². The van der Waals surface area contributed by atoms with E-state index in [1.165, 1.54) is 17.4 Å². The summed E-state index contributed by atoms with van der Waals surface area (Å²) in [5, 5.41) is 3.00. The lowest BCUT2D eigenvalue weighted by Crippen LogP contribution is -2.52. The predicted molar refractivity (Wildman–Crippen MR) is 214 cm³/mol. The number of carbonyl (C=O) groups is 3. The lowest BCUT2D eigenvalue weighted by Gasteiger charge is -2.40. The van der Waals surface area contributed by atoms with Crippen molar-refractivity contribution < 1.29 is 18.8 Å². The van der Waals surface area contributed by atoms with E-state index in [9.17, 15) is 19.2 Å². The van der Waals surface area contributed by atoms with Crippen LogP contribution < -0.4 is 26.3 Å². The Hall–Kier alpha value is -5.11. The molecule has 4 aliphatic heterocycles. The number of pyridine rings is 1. The molecule has 6 heterocycles. The van der Waals surface area contributed by atoms with Gasteiger partial charge in [0.25, 0.3) is 5.91 Å². The molecule has 55 heavy (non-hydrogen) atoms. The van der Waals surface area contributed by atoms with Crippen molar-refractivity contribution >= 4 is 80.3 Å². The van der Waals surface area contributed by atoms with Crippen LogP contribution in [0.3, 0.4) is 0 Å². The van der Waals surface area contributed by atoms with Crippen LogP contribution in [-0.4, -0.2) is 84.4 Å². The number of carbonyl (C=O) groups excluding carboxylic acids is 3. The highest BCUT2D eigenvalue weighted by Gasteiger charge is 2.39. The molecule has 1 unspecified atom stereocenters. The minimum Gasteiger partial charge on any atom is -0.454 e. The largest absolute Gasteiger partial charge is 0.454 e. The van der Waals surface area contributed by atoms with E-state index in [1.807, 2.05) is 12.1 Å². The zero-order chi connectivity index (χ0) is 37.8. The maximum Gasteiger partial charge on any atom is 0.255 e. The van der Waals surface area contributed by atoms with Gasteiger partial charge in [-0.15, -0.1) is 0 Å². The number of hydrogen-bond acceptors (Lipinski definition) is 11. The zero-order valence-corrected chi connectivity index (χ0v) is 31.7. The lowest BCUT2D eigenvalue weighted by molar-refractivity contribution is -0.136. The van der Waals surface area contributed by atoms with E-state index in [4.69, 9.17) is 21.8 Å². The molecule has 2 aromatic heterocycles. The van der Waals surface area contributed by atoms with Gasteiger partial charge >= 0.3 is 0 Å². The molecule has 0 radical (unpaired) electrons. The van der Waals surface area contributed by atoms with Crippen LogP contribution in [0.25, 0.3) is 22.1 Å². The molecule has 9 rings (SSSR count). The first-order chi connectivity index (χ1) is 26.7. The molecule has 3 N–H and O–H groups in total. The van der Waals surface area contributed by atoms with Crippen molar-refractivity contribution in [3.05, 3.63) is 93.1 Å². The van der Waals surface area contributed by atoms with Gasteiger partial charge in [0.05, 0.1) is 15.3 Å². The molecular weight excluding hydrogens is 738 g/mol. The normalized spacial score (nSPS) is 19.8. The van der Waals surface area contributed by atoms with E-state index < -0.39 is 6.04 Å². The standard InChI is InChI=1S/C41H40ClN7O5S/c42-30-2-1-3-32-36(30)38(51)37-33(54-32)21-34(39(43)45-37)55-28-8-6-26(7-9-28)48-18-16-46(17-19-48)22-24-12-14-47(15-13-24)27-5-4-25-23-49(41(53)29(25)20-27)31-10-11-35(50)44-40(31)52/h1-9,20-21,24,31H,10-19,22-23H2,(H2,43,45)(H,44,50,52). The number of piperidine rings is 2. The van der Waals surface area contributed by atoms with Crippen molar-refractivity contribution in [2.75, 3.05) is 61.3 Å². The van der Waals surface area contributed by atoms with E-state index >= 15 is 0 Å². The third kappa shape index (κ3) is 6.89. The van der Waals surface area contributed by atoms with Crippen LogP contribution in [0.5, 0.6) is 0 Å². The predicted octanol–water partition coefficient (Wildman–Crippen LogP) is 5.53. The van der Waals surface area contributed by atoms with Crippen molar-refractivity contribution in [2.45, 2.75) is 48.1 Å². The van der Waals surface area contributed by atoms with Gasteiger partial charge in [0.2, 0.25) is 17.2 Å². The summed E-state index contributed by atoms with van der Waals surface area (Å²) in [6, 6.07) is 20.9. The maximum absolute atomic E-state index is 13.3. The van der Waals surface area contributed by atoms with Crippen molar-refractivity contribution in [3.8, 4) is 0 Å². The molecule has 1 atom stereocenters. The molecule has 14 heteroatoms. The summed E-state index contributed by atoms with van der Waals surface area (Å²) in [5.41, 5.74) is 10.8. The Morgan fingerprint density at radius 1 is 0.855 bits per heavy atom. The van der Waals surface area contributed by atoms with Gasteiger partial charge in [-0.05, 0) is 79.3 Å². The number of hydrogen-bond donors (Lipinski definition) is 2. The number of piperazine rings is 1. The van der Waals surface area contributed by atoms with Gasteiger partial charge in [0, 0.05) is 86.7 Å². The first-order valence-corrected chi connectivity index (χ1v) is 20.0. The molecule has 0 spiro atoms. The first kappa shape index (κ1) is 35.6. The molecule has 12 nitrogen and oxygen atoms in total. The highest BCUT2D eigenvalue weighted by molar-refractivity contribution is 7.99. The number of fused-ring (bicyclic) bond motifs is 3. The number of nitrogen functional groups attached to an aromatic ring is 1. The van der Waals surface area contributed by atoms with Crippen molar-refractivity contribution in [1.29, 1.82) is 0 Å². The molecule has 0 bridgehead atoms. The Balaban J connectivity index is 0.760. The Bertz CT molecular complexity index is 2410. The topological polar surface area (TPSA) is 145 Å².